The fraction of sp³-hybridized carbons (Fsp3) is 0.650. The van der Waals surface area contributed by atoms with Gasteiger partial charge in [0.15, 0.2) is 0 Å². The lowest BCUT2D eigenvalue weighted by Crippen LogP contribution is -2.01. The van der Waals surface area contributed by atoms with Crippen LogP contribution in [-0.4, -0.2) is 13.3 Å². The van der Waals surface area contributed by atoms with Gasteiger partial charge in [-0.15, -0.1) is 13.2 Å². The second kappa shape index (κ2) is 58.7. The Morgan fingerprint density at radius 1 is 0.913 bits per heavy atom. The summed E-state index contributed by atoms with van der Waals surface area (Å²) in [6, 6.07) is 0. The molecule has 3 nitrogen and oxygen atoms in total. The molecule has 0 fully saturated rings. The van der Waals surface area contributed by atoms with Gasteiger partial charge in [-0.3, -0.25) is 0 Å². The molecular weight excluding hydrogens is 282 g/mol. The Hall–Kier alpha value is -1.35. The molecule has 0 saturated heterocycles. The van der Waals surface area contributed by atoms with E-state index in [0.717, 1.165) is 12.8 Å². The molecule has 0 rings (SSSR count). The van der Waals surface area contributed by atoms with Gasteiger partial charge in [-0.25, -0.2) is 0 Å². The van der Waals surface area contributed by atoms with E-state index in [1.165, 1.54) is 17.6 Å². The second-order valence-electron chi connectivity index (χ2n) is 3.74. The molecule has 23 heavy (non-hydrogen) atoms. The number of nitrogens with two attached hydrogens (primary N) is 2. The molecule has 0 aliphatic carbocycles. The molecule has 0 spiro atoms. The Bertz CT molecular complexity index is 219. The Morgan fingerprint density at radius 2 is 1.22 bits per heavy atom. The second-order valence-corrected chi connectivity index (χ2v) is 3.74. The van der Waals surface area contributed by atoms with Crippen LogP contribution in [0.1, 0.15) is 81.6 Å². The van der Waals surface area contributed by atoms with Crippen LogP contribution in [-0.2, 0) is 0 Å². The average molecular weight is 330 g/mol. The van der Waals surface area contributed by atoms with Crippen molar-refractivity contribution in [3.8, 4) is 0 Å². The highest BCUT2D eigenvalue weighted by Gasteiger charge is 1.90. The molecule has 0 amide bonds. The van der Waals surface area contributed by atoms with E-state index in [-0.39, 0.29) is 0 Å². The van der Waals surface area contributed by atoms with Gasteiger partial charge in [0.1, 0.15) is 0 Å². The zero-order valence-corrected chi connectivity index (χ0v) is 17.7. The first-order chi connectivity index (χ1) is 11.0. The fourth-order valence-electron chi connectivity index (χ4n) is 0.775. The molecule has 3 heteroatoms. The van der Waals surface area contributed by atoms with Crippen molar-refractivity contribution in [1.29, 1.82) is 0 Å². The van der Waals surface area contributed by atoms with Gasteiger partial charge in [-0.2, -0.15) is 5.10 Å². The van der Waals surface area contributed by atoms with Crippen LogP contribution in [0.3, 0.4) is 0 Å². The van der Waals surface area contributed by atoms with Gasteiger partial charge in [0.25, 0.3) is 0 Å². The largest absolute Gasteiger partial charge is 0.327 e. The smallest absolute Gasteiger partial charge is 0.0136 e. The van der Waals surface area contributed by atoms with E-state index >= 15 is 0 Å². The molecule has 0 aromatic heterocycles. The number of allylic oxidation sites excluding steroid dienone is 3. The van der Waals surface area contributed by atoms with Crippen LogP contribution >= 0.6 is 0 Å². The molecule has 0 atom stereocenters. The van der Waals surface area contributed by atoms with Gasteiger partial charge in [-0.1, -0.05) is 78.2 Å². The van der Waals surface area contributed by atoms with Crippen LogP contribution in [0.4, 0.5) is 0 Å². The third kappa shape index (κ3) is 77.1. The van der Waals surface area contributed by atoms with Crippen LogP contribution < -0.4 is 11.6 Å². The fourth-order valence-corrected chi connectivity index (χ4v) is 0.775. The maximum Gasteiger partial charge on any atom is 0.0136 e. The van der Waals surface area contributed by atoms with Gasteiger partial charge >= 0.3 is 0 Å². The van der Waals surface area contributed by atoms with Crippen LogP contribution in [0.5, 0.6) is 0 Å². The number of hydrogen-bond acceptors (Lipinski definition) is 3. The minimum atomic E-state index is 0.686. The Balaban J connectivity index is -0.0000000500. The van der Waals surface area contributed by atoms with Crippen molar-refractivity contribution in [1.82, 2.24) is 0 Å². The summed E-state index contributed by atoms with van der Waals surface area (Å²) in [5.74, 6) is 4.36. The van der Waals surface area contributed by atoms with Crippen LogP contribution in [0.15, 0.2) is 41.6 Å². The average Bonchev–Trinajstić information content (AvgIpc) is 2.61. The van der Waals surface area contributed by atoms with Crippen molar-refractivity contribution in [3.05, 3.63) is 36.5 Å². The lowest BCUT2D eigenvalue weighted by atomic mass is 10.1. The van der Waals surface area contributed by atoms with Gasteiger partial charge in [0.05, 0.1) is 0 Å². The quantitative estimate of drug-likeness (QED) is 0.269. The van der Waals surface area contributed by atoms with Crippen molar-refractivity contribution >= 4 is 6.72 Å². The van der Waals surface area contributed by atoms with Crippen LogP contribution in [0.2, 0.25) is 0 Å². The molecule has 0 aliphatic rings. The number of nitrogens with zero attached hydrogens (tertiary/aromatic N) is 1. The van der Waals surface area contributed by atoms with Gasteiger partial charge in [-0.05, 0) is 26.7 Å². The molecule has 0 aromatic rings. The van der Waals surface area contributed by atoms with E-state index < -0.39 is 0 Å². The van der Waals surface area contributed by atoms with Crippen LogP contribution in [0.25, 0.3) is 0 Å². The molecule has 0 heterocycles. The molecule has 4 N–H and O–H groups in total. The molecule has 0 unspecified atom stereocenters. The number of rotatable bonds is 4. The Labute approximate surface area is 148 Å². The molecule has 142 valence electrons. The maximum atomic E-state index is 5.50. The SMILES string of the molecule is C=C.C=NN.CC.CC.CC/C=C\C/C(C)=C(\C)CN.CCC. The predicted octanol–water partition coefficient (Wildman–Crippen LogP) is 6.47. The lowest BCUT2D eigenvalue weighted by molar-refractivity contribution is 1.04. The van der Waals surface area contributed by atoms with Crippen molar-refractivity contribution in [2.45, 2.75) is 81.6 Å². The number of hydrogen-bond donors (Lipinski definition) is 2. The summed E-state index contributed by atoms with van der Waals surface area (Å²) in [4.78, 5) is 0. The summed E-state index contributed by atoms with van der Waals surface area (Å²) in [6.07, 6.45) is 7.81. The molecule has 0 saturated carbocycles. The highest BCUT2D eigenvalue weighted by molar-refractivity contribution is 5.21. The minimum absolute atomic E-state index is 0.686. The summed E-state index contributed by atoms with van der Waals surface area (Å²) < 4.78 is 0. The molecule has 0 aliphatic heterocycles. The molecular formula is C20H47N3. The van der Waals surface area contributed by atoms with E-state index in [1.54, 1.807) is 0 Å². The van der Waals surface area contributed by atoms with Crippen molar-refractivity contribution in [2.75, 3.05) is 6.54 Å². The first kappa shape index (κ1) is 37.7. The highest BCUT2D eigenvalue weighted by atomic mass is 15.1. The van der Waals surface area contributed by atoms with Crippen molar-refractivity contribution in [2.24, 2.45) is 16.7 Å². The zero-order chi connectivity index (χ0) is 20.1. The highest BCUT2D eigenvalue weighted by Crippen LogP contribution is 2.07. The van der Waals surface area contributed by atoms with Crippen molar-refractivity contribution < 1.29 is 0 Å². The third-order valence-corrected chi connectivity index (χ3v) is 1.86. The predicted molar refractivity (Wildman–Crippen MR) is 115 cm³/mol. The zero-order valence-electron chi connectivity index (χ0n) is 17.7. The van der Waals surface area contributed by atoms with E-state index in [9.17, 15) is 0 Å². The van der Waals surface area contributed by atoms with Crippen molar-refractivity contribution in [3.63, 3.8) is 0 Å². The van der Waals surface area contributed by atoms with Gasteiger partial charge in [0, 0.05) is 13.3 Å². The van der Waals surface area contributed by atoms with E-state index in [2.05, 4.69) is 77.6 Å². The first-order valence-corrected chi connectivity index (χ1v) is 8.71. The standard InChI is InChI=1S/C10H19N.C3H8.2C2H6.C2H4.CH4N2/c1-4-5-6-7-9(2)10(3)8-11;1-3-2;3*1-2;1-3-2/h5-6H,4,7-8,11H2,1-3H3;3H2,1-2H3;2*1-2H3;1-2H2;1-2H2/b6-5-,10-9+;;;;;. The summed E-state index contributed by atoms with van der Waals surface area (Å²) in [5, 5.41) is 2.75. The topological polar surface area (TPSA) is 64.4 Å². The monoisotopic (exact) mass is 329 g/mol. The van der Waals surface area contributed by atoms with Crippen LogP contribution in [0, 0.1) is 0 Å². The first-order valence-electron chi connectivity index (χ1n) is 8.71. The Kier molecular flexibility index (Phi) is 96.3. The lowest BCUT2D eigenvalue weighted by Gasteiger charge is -2.01. The van der Waals surface area contributed by atoms with Gasteiger partial charge in [0.2, 0.25) is 0 Å². The third-order valence-electron chi connectivity index (χ3n) is 1.86. The molecule has 0 radical (unpaired) electrons. The van der Waals surface area contributed by atoms with E-state index in [0.29, 0.717) is 6.54 Å². The minimum Gasteiger partial charge on any atom is -0.327 e. The molecule has 0 bridgehead atoms. The molecule has 0 aromatic carbocycles. The van der Waals surface area contributed by atoms with Gasteiger partial charge < -0.3 is 11.6 Å². The number of hydrazone groups is 1. The summed E-state index contributed by atoms with van der Waals surface area (Å²) >= 11 is 0. The van der Waals surface area contributed by atoms with E-state index in [4.69, 9.17) is 5.73 Å². The van der Waals surface area contributed by atoms with E-state index in [1.807, 2.05) is 27.7 Å². The normalized spacial score (nSPS) is 8.61. The summed E-state index contributed by atoms with van der Waals surface area (Å²) in [6.45, 7) is 28.2. The summed E-state index contributed by atoms with van der Waals surface area (Å²) in [5.41, 5.74) is 8.21. The summed E-state index contributed by atoms with van der Waals surface area (Å²) in [7, 11) is 0. The Morgan fingerprint density at radius 3 is 1.43 bits per heavy atom. The maximum absolute atomic E-state index is 5.50.